The number of rotatable bonds is 4. The Bertz CT molecular complexity index is 773. The summed E-state index contributed by atoms with van der Waals surface area (Å²) in [6, 6.07) is 4.56. The van der Waals surface area contributed by atoms with Crippen LogP contribution >= 0.6 is 11.6 Å². The third kappa shape index (κ3) is 4.23. The lowest BCUT2D eigenvalue weighted by atomic mass is 9.93. The standard InChI is InChI=1S/C17H21ClN2O4S/c18-15-7-6-14(19-17(21)13-4-2-1-3-5-13)12-16(15)25(22,23)20-8-10-24-11-9-20/h1-2,6-7,12-13H,3-5,8-11H2,(H,19,21). The molecule has 1 heterocycles. The van der Waals surface area contributed by atoms with Crippen LogP contribution in [0.4, 0.5) is 5.69 Å². The molecule has 1 amide bonds. The Labute approximate surface area is 152 Å². The smallest absolute Gasteiger partial charge is 0.244 e. The van der Waals surface area contributed by atoms with Gasteiger partial charge in [-0.1, -0.05) is 23.8 Å². The van der Waals surface area contributed by atoms with E-state index in [0.29, 0.717) is 38.4 Å². The highest BCUT2D eigenvalue weighted by atomic mass is 35.5. The number of hydrogen-bond donors (Lipinski definition) is 1. The van der Waals surface area contributed by atoms with E-state index in [1.807, 2.05) is 6.08 Å². The lowest BCUT2D eigenvalue weighted by Crippen LogP contribution is -2.40. The molecule has 25 heavy (non-hydrogen) atoms. The first-order valence-corrected chi connectivity index (χ1v) is 10.1. The van der Waals surface area contributed by atoms with Crippen molar-refractivity contribution in [3.63, 3.8) is 0 Å². The van der Waals surface area contributed by atoms with Crippen molar-refractivity contribution in [3.05, 3.63) is 35.4 Å². The van der Waals surface area contributed by atoms with Gasteiger partial charge in [-0.3, -0.25) is 4.79 Å². The number of sulfonamides is 1. The monoisotopic (exact) mass is 384 g/mol. The molecule has 136 valence electrons. The predicted molar refractivity (Wildman–Crippen MR) is 96.1 cm³/mol. The summed E-state index contributed by atoms with van der Waals surface area (Å²) in [7, 11) is -3.72. The summed E-state index contributed by atoms with van der Waals surface area (Å²) in [6.07, 6.45) is 6.46. The molecule has 1 aromatic rings. The number of carbonyl (C=O) groups excluding carboxylic acids is 1. The van der Waals surface area contributed by atoms with Crippen LogP contribution in [-0.2, 0) is 19.6 Å². The first-order chi connectivity index (χ1) is 12.0. The predicted octanol–water partition coefficient (Wildman–Crippen LogP) is 2.66. The second kappa shape index (κ2) is 7.86. The molecule has 1 aliphatic heterocycles. The van der Waals surface area contributed by atoms with E-state index in [1.165, 1.54) is 16.4 Å². The summed E-state index contributed by atoms with van der Waals surface area (Å²) in [4.78, 5) is 12.4. The van der Waals surface area contributed by atoms with E-state index in [9.17, 15) is 13.2 Å². The van der Waals surface area contributed by atoms with Crippen molar-refractivity contribution < 1.29 is 17.9 Å². The number of nitrogens with zero attached hydrogens (tertiary/aromatic N) is 1. The number of allylic oxidation sites excluding steroid dienone is 2. The molecule has 0 spiro atoms. The summed E-state index contributed by atoms with van der Waals surface area (Å²) < 4.78 is 32.2. The average molecular weight is 385 g/mol. The lowest BCUT2D eigenvalue weighted by molar-refractivity contribution is -0.120. The van der Waals surface area contributed by atoms with Gasteiger partial charge in [0.25, 0.3) is 0 Å². The first kappa shape index (κ1) is 18.4. The van der Waals surface area contributed by atoms with E-state index < -0.39 is 10.0 Å². The molecule has 3 rings (SSSR count). The summed E-state index contributed by atoms with van der Waals surface area (Å²) in [5.41, 5.74) is 0.441. The molecular formula is C17H21ClN2O4S. The number of ether oxygens (including phenoxy) is 1. The van der Waals surface area contributed by atoms with Crippen molar-refractivity contribution in [1.29, 1.82) is 0 Å². The molecule has 1 atom stereocenters. The normalized spacial score (nSPS) is 21.9. The minimum Gasteiger partial charge on any atom is -0.379 e. The largest absolute Gasteiger partial charge is 0.379 e. The van der Waals surface area contributed by atoms with E-state index in [1.54, 1.807) is 6.07 Å². The van der Waals surface area contributed by atoms with Gasteiger partial charge in [0.1, 0.15) is 4.90 Å². The number of morpholine rings is 1. The Hall–Kier alpha value is -1.41. The van der Waals surface area contributed by atoms with Gasteiger partial charge in [0.15, 0.2) is 0 Å². The zero-order valence-corrected chi connectivity index (χ0v) is 15.4. The molecule has 1 saturated heterocycles. The summed E-state index contributed by atoms with van der Waals surface area (Å²) >= 11 is 6.13. The van der Waals surface area contributed by atoms with E-state index in [4.69, 9.17) is 16.3 Å². The quantitative estimate of drug-likeness (QED) is 0.810. The Morgan fingerprint density at radius 1 is 1.24 bits per heavy atom. The maximum absolute atomic E-state index is 12.8. The second-order valence-electron chi connectivity index (χ2n) is 6.13. The topological polar surface area (TPSA) is 75.7 Å². The highest BCUT2D eigenvalue weighted by Crippen LogP contribution is 2.29. The fraction of sp³-hybridized carbons (Fsp3) is 0.471. The molecule has 8 heteroatoms. The summed E-state index contributed by atoms with van der Waals surface area (Å²) in [6.45, 7) is 1.32. The van der Waals surface area contributed by atoms with Crippen molar-refractivity contribution in [3.8, 4) is 0 Å². The molecule has 6 nitrogen and oxygen atoms in total. The molecule has 0 radical (unpaired) electrons. The number of halogens is 1. The summed E-state index contributed by atoms with van der Waals surface area (Å²) in [5.74, 6) is -0.179. The van der Waals surface area contributed by atoms with Gasteiger partial charge in [-0.25, -0.2) is 8.42 Å². The molecule has 1 aromatic carbocycles. The third-order valence-electron chi connectivity index (χ3n) is 4.43. The maximum atomic E-state index is 12.8. The number of hydrogen-bond acceptors (Lipinski definition) is 4. The minimum absolute atomic E-state index is 0.0115. The molecule has 2 aliphatic rings. The maximum Gasteiger partial charge on any atom is 0.244 e. The van der Waals surface area contributed by atoms with Crippen LogP contribution in [0.5, 0.6) is 0 Å². The highest BCUT2D eigenvalue weighted by molar-refractivity contribution is 7.89. The third-order valence-corrected chi connectivity index (χ3v) is 6.81. The van der Waals surface area contributed by atoms with Crippen molar-refractivity contribution >= 4 is 33.2 Å². The fourth-order valence-corrected chi connectivity index (χ4v) is 4.89. The van der Waals surface area contributed by atoms with E-state index in [0.717, 1.165) is 12.8 Å². The minimum atomic E-state index is -3.72. The van der Waals surface area contributed by atoms with E-state index in [-0.39, 0.29) is 21.7 Å². The van der Waals surface area contributed by atoms with Gasteiger partial charge in [0.2, 0.25) is 15.9 Å². The second-order valence-corrected chi connectivity index (χ2v) is 8.45. The van der Waals surface area contributed by atoms with Crippen LogP contribution in [0.25, 0.3) is 0 Å². The molecule has 0 saturated carbocycles. The SMILES string of the molecule is O=C(Nc1ccc(Cl)c(S(=O)(=O)N2CCOCC2)c1)C1CC=CCC1. The number of nitrogens with one attached hydrogen (secondary N) is 1. The molecule has 1 aliphatic carbocycles. The molecule has 0 bridgehead atoms. The highest BCUT2D eigenvalue weighted by Gasteiger charge is 2.29. The van der Waals surface area contributed by atoms with Gasteiger partial charge in [-0.05, 0) is 37.5 Å². The molecule has 0 aromatic heterocycles. The first-order valence-electron chi connectivity index (χ1n) is 8.32. The Balaban J connectivity index is 1.80. The molecule has 1 unspecified atom stereocenters. The summed E-state index contributed by atoms with van der Waals surface area (Å²) in [5, 5.41) is 2.96. The average Bonchev–Trinajstić information content (AvgIpc) is 2.64. The van der Waals surface area contributed by atoms with E-state index in [2.05, 4.69) is 11.4 Å². The van der Waals surface area contributed by atoms with Crippen molar-refractivity contribution in [1.82, 2.24) is 4.31 Å². The fourth-order valence-electron chi connectivity index (χ4n) is 2.98. The van der Waals surface area contributed by atoms with Gasteiger partial charge in [-0.15, -0.1) is 0 Å². The van der Waals surface area contributed by atoms with Crippen LogP contribution < -0.4 is 5.32 Å². The Morgan fingerprint density at radius 2 is 2.00 bits per heavy atom. The van der Waals surface area contributed by atoms with Crippen LogP contribution in [0.15, 0.2) is 35.2 Å². The van der Waals surface area contributed by atoms with Gasteiger partial charge in [0.05, 0.1) is 18.2 Å². The van der Waals surface area contributed by atoms with Gasteiger partial charge in [-0.2, -0.15) is 4.31 Å². The number of benzene rings is 1. The molecule has 1 fully saturated rings. The molecular weight excluding hydrogens is 364 g/mol. The van der Waals surface area contributed by atoms with Crippen molar-refractivity contribution in [2.45, 2.75) is 24.2 Å². The molecule has 1 N–H and O–H groups in total. The van der Waals surface area contributed by atoms with Crippen molar-refractivity contribution in [2.75, 3.05) is 31.6 Å². The van der Waals surface area contributed by atoms with Crippen LogP contribution in [0.1, 0.15) is 19.3 Å². The Kier molecular flexibility index (Phi) is 5.78. The zero-order valence-electron chi connectivity index (χ0n) is 13.8. The van der Waals surface area contributed by atoms with Gasteiger partial charge >= 0.3 is 0 Å². The van der Waals surface area contributed by atoms with Crippen LogP contribution in [0, 0.1) is 5.92 Å². The number of amides is 1. The Morgan fingerprint density at radius 3 is 2.68 bits per heavy atom. The van der Waals surface area contributed by atoms with Crippen molar-refractivity contribution in [2.24, 2.45) is 5.92 Å². The van der Waals surface area contributed by atoms with Gasteiger partial charge < -0.3 is 10.1 Å². The zero-order chi connectivity index (χ0) is 17.9. The van der Waals surface area contributed by atoms with Gasteiger partial charge in [0, 0.05) is 24.7 Å². The van der Waals surface area contributed by atoms with E-state index >= 15 is 0 Å². The lowest BCUT2D eigenvalue weighted by Gasteiger charge is -2.26. The number of carbonyl (C=O) groups is 1. The van der Waals surface area contributed by atoms with Crippen LogP contribution in [0.3, 0.4) is 0 Å². The van der Waals surface area contributed by atoms with Crippen LogP contribution in [0.2, 0.25) is 5.02 Å². The number of anilines is 1. The van der Waals surface area contributed by atoms with Crippen LogP contribution in [-0.4, -0.2) is 44.9 Å².